The van der Waals surface area contributed by atoms with Gasteiger partial charge in [-0.2, -0.15) is 0 Å². The van der Waals surface area contributed by atoms with E-state index in [0.717, 1.165) is 37.1 Å². The number of halogens is 2. The van der Waals surface area contributed by atoms with E-state index in [4.69, 9.17) is 5.73 Å². The number of likely N-dealkylation sites (N-methyl/N-ethyl adjacent to an activating group) is 1. The zero-order valence-electron chi connectivity index (χ0n) is 15.7. The van der Waals surface area contributed by atoms with Gasteiger partial charge in [-0.3, -0.25) is 9.69 Å². The molecule has 0 unspecified atom stereocenters. The predicted octanol–water partition coefficient (Wildman–Crippen LogP) is 1.81. The van der Waals surface area contributed by atoms with Gasteiger partial charge in [0, 0.05) is 32.4 Å². The van der Waals surface area contributed by atoms with Crippen molar-refractivity contribution in [1.82, 2.24) is 4.90 Å². The highest BCUT2D eigenvalue weighted by atomic mass is 35.5. The molecule has 0 bridgehead atoms. The molecule has 150 valence electrons. The van der Waals surface area contributed by atoms with Crippen LogP contribution in [-0.2, 0) is 11.2 Å². The van der Waals surface area contributed by atoms with Gasteiger partial charge in [-0.1, -0.05) is 30.3 Å². The normalized spacial score (nSPS) is 21.0. The second kappa shape index (κ2) is 10.5. The maximum absolute atomic E-state index is 11.9. The topological polar surface area (TPSA) is 77.8 Å². The molecule has 1 amide bonds. The monoisotopic (exact) mass is 406 g/mol. The standard InChI is InChI=1S/C19H29N3O.2ClH.H2O/c1-21-11-13-22(14-12-21,16-18(20)23)19(9-5-6-10-19)15-17-7-3-2-4-8-17;;;/h2-4,7-8H,5-6,9-16H2,1H3,(H-,20,23);2*1H;1H2/p+1. The summed E-state index contributed by atoms with van der Waals surface area (Å²) < 4.78 is 0.904. The van der Waals surface area contributed by atoms with E-state index in [-0.39, 0.29) is 41.7 Å². The Kier molecular flexibility index (Phi) is 10.1. The Labute approximate surface area is 169 Å². The summed E-state index contributed by atoms with van der Waals surface area (Å²) in [7, 11) is 2.18. The van der Waals surface area contributed by atoms with Crippen LogP contribution in [0, 0.1) is 0 Å². The molecule has 1 aromatic carbocycles. The van der Waals surface area contributed by atoms with E-state index in [9.17, 15) is 4.79 Å². The third kappa shape index (κ3) is 5.11. The lowest BCUT2D eigenvalue weighted by Crippen LogP contribution is -2.71. The molecular formula is C19H34Cl2N3O2+. The van der Waals surface area contributed by atoms with Gasteiger partial charge in [0.05, 0.1) is 13.1 Å². The fraction of sp³-hybridized carbons (Fsp3) is 0.632. The molecule has 26 heavy (non-hydrogen) atoms. The van der Waals surface area contributed by atoms with Gasteiger partial charge in [0.15, 0.2) is 6.54 Å². The van der Waals surface area contributed by atoms with Crippen molar-refractivity contribution in [3.05, 3.63) is 35.9 Å². The van der Waals surface area contributed by atoms with Crippen LogP contribution in [-0.4, -0.2) is 66.1 Å². The lowest BCUT2D eigenvalue weighted by molar-refractivity contribution is -0.972. The lowest BCUT2D eigenvalue weighted by atomic mass is 9.83. The first kappa shape index (κ1) is 25.1. The smallest absolute Gasteiger partial charge is 0.272 e. The number of amides is 1. The van der Waals surface area contributed by atoms with Crippen LogP contribution in [0.4, 0.5) is 0 Å². The van der Waals surface area contributed by atoms with E-state index in [1.165, 1.54) is 31.2 Å². The minimum Gasteiger partial charge on any atom is -0.412 e. The Balaban J connectivity index is 0.00000208. The molecule has 1 heterocycles. The third-order valence-corrected chi connectivity index (χ3v) is 6.19. The molecule has 1 saturated heterocycles. The van der Waals surface area contributed by atoms with E-state index in [1.54, 1.807) is 0 Å². The highest BCUT2D eigenvalue weighted by Gasteiger charge is 2.53. The molecule has 5 nitrogen and oxygen atoms in total. The fourth-order valence-corrected chi connectivity index (χ4v) is 4.87. The summed E-state index contributed by atoms with van der Waals surface area (Å²) in [5, 5.41) is 0. The number of hydrogen-bond acceptors (Lipinski definition) is 2. The SMILES string of the molecule is CN1CC[N+](CC(N)=O)(C2(Cc3ccccc3)CCCC2)CC1.Cl.Cl.O. The van der Waals surface area contributed by atoms with Crippen molar-refractivity contribution in [2.45, 2.75) is 37.6 Å². The Hall–Kier alpha value is -0.850. The van der Waals surface area contributed by atoms with E-state index in [2.05, 4.69) is 42.3 Å². The van der Waals surface area contributed by atoms with Crippen LogP contribution >= 0.6 is 24.8 Å². The molecule has 4 N–H and O–H groups in total. The molecular weight excluding hydrogens is 373 g/mol. The molecule has 3 rings (SSSR count). The zero-order chi connectivity index (χ0) is 16.3. The summed E-state index contributed by atoms with van der Waals surface area (Å²) in [6, 6.07) is 10.8. The maximum atomic E-state index is 11.9. The molecule has 1 aliphatic carbocycles. The largest absolute Gasteiger partial charge is 0.412 e. The van der Waals surface area contributed by atoms with Gasteiger partial charge in [0.2, 0.25) is 0 Å². The zero-order valence-corrected chi connectivity index (χ0v) is 17.3. The first-order valence-electron chi connectivity index (χ1n) is 8.92. The Morgan fingerprint density at radius 3 is 2.15 bits per heavy atom. The minimum absolute atomic E-state index is 0. The van der Waals surface area contributed by atoms with Crippen LogP contribution in [0.5, 0.6) is 0 Å². The number of rotatable bonds is 5. The number of benzene rings is 1. The number of primary amides is 1. The number of nitrogens with zero attached hydrogens (tertiary/aromatic N) is 2. The van der Waals surface area contributed by atoms with E-state index >= 15 is 0 Å². The van der Waals surface area contributed by atoms with Crippen LogP contribution in [0.15, 0.2) is 30.3 Å². The van der Waals surface area contributed by atoms with Gasteiger partial charge in [-0.15, -0.1) is 24.8 Å². The number of piperazine rings is 1. The number of carbonyl (C=O) groups excluding carboxylic acids is 1. The first-order valence-corrected chi connectivity index (χ1v) is 8.92. The van der Waals surface area contributed by atoms with Crippen molar-refractivity contribution in [3.63, 3.8) is 0 Å². The van der Waals surface area contributed by atoms with Gasteiger partial charge in [0.1, 0.15) is 5.54 Å². The summed E-state index contributed by atoms with van der Waals surface area (Å²) in [5.74, 6) is -0.145. The predicted molar refractivity (Wildman–Crippen MR) is 111 cm³/mol. The molecule has 7 heteroatoms. The third-order valence-electron chi connectivity index (χ3n) is 6.19. The van der Waals surface area contributed by atoms with Gasteiger partial charge in [0.25, 0.3) is 5.91 Å². The second-order valence-corrected chi connectivity index (χ2v) is 7.61. The second-order valence-electron chi connectivity index (χ2n) is 7.61. The molecule has 0 spiro atoms. The fourth-order valence-electron chi connectivity index (χ4n) is 4.87. The average Bonchev–Trinajstić information content (AvgIpc) is 3.00. The summed E-state index contributed by atoms with van der Waals surface area (Å²) in [5.41, 5.74) is 7.29. The molecule has 2 aliphatic rings. The highest BCUT2D eigenvalue weighted by molar-refractivity contribution is 5.85. The maximum Gasteiger partial charge on any atom is 0.272 e. The molecule has 0 aromatic heterocycles. The number of quaternary nitrogens is 1. The van der Waals surface area contributed by atoms with Gasteiger partial charge >= 0.3 is 0 Å². The van der Waals surface area contributed by atoms with Gasteiger partial charge < -0.3 is 15.7 Å². The van der Waals surface area contributed by atoms with Crippen molar-refractivity contribution in [2.75, 3.05) is 39.8 Å². The molecule has 1 aromatic rings. The van der Waals surface area contributed by atoms with E-state index in [1.807, 2.05) is 0 Å². The van der Waals surface area contributed by atoms with Crippen LogP contribution in [0.3, 0.4) is 0 Å². The van der Waals surface area contributed by atoms with E-state index in [0.29, 0.717) is 6.54 Å². The van der Waals surface area contributed by atoms with Crippen LogP contribution < -0.4 is 5.73 Å². The Bertz CT molecular complexity index is 543. The number of nitrogens with two attached hydrogens (primary N) is 1. The van der Waals surface area contributed by atoms with Crippen LogP contribution in [0.25, 0.3) is 0 Å². The Morgan fingerprint density at radius 2 is 1.65 bits per heavy atom. The Morgan fingerprint density at radius 1 is 1.12 bits per heavy atom. The van der Waals surface area contributed by atoms with Crippen molar-refractivity contribution in [2.24, 2.45) is 5.73 Å². The van der Waals surface area contributed by atoms with Gasteiger partial charge in [-0.25, -0.2) is 0 Å². The minimum atomic E-state index is -0.145. The highest BCUT2D eigenvalue weighted by Crippen LogP contribution is 2.43. The van der Waals surface area contributed by atoms with Crippen molar-refractivity contribution in [3.8, 4) is 0 Å². The molecule has 2 fully saturated rings. The summed E-state index contributed by atoms with van der Waals surface area (Å²) in [6.45, 7) is 4.72. The van der Waals surface area contributed by atoms with Crippen molar-refractivity contribution >= 4 is 30.7 Å². The summed E-state index contributed by atoms with van der Waals surface area (Å²) in [4.78, 5) is 14.3. The quantitative estimate of drug-likeness (QED) is 0.756. The van der Waals surface area contributed by atoms with Crippen LogP contribution in [0.2, 0.25) is 0 Å². The summed E-state index contributed by atoms with van der Waals surface area (Å²) >= 11 is 0. The van der Waals surface area contributed by atoms with Crippen molar-refractivity contribution in [1.29, 1.82) is 0 Å². The molecule has 0 atom stereocenters. The first-order chi connectivity index (χ1) is 11.1. The molecule has 0 radical (unpaired) electrons. The number of carbonyl (C=O) groups is 1. The average molecular weight is 407 g/mol. The summed E-state index contributed by atoms with van der Waals surface area (Å²) in [6.07, 6.45) is 6.07. The molecule has 1 aliphatic heterocycles. The molecule has 1 saturated carbocycles. The van der Waals surface area contributed by atoms with Crippen molar-refractivity contribution < 1.29 is 14.8 Å². The van der Waals surface area contributed by atoms with Gasteiger partial charge in [-0.05, 0) is 25.5 Å². The lowest BCUT2D eigenvalue weighted by Gasteiger charge is -2.55. The number of hydrogen-bond donors (Lipinski definition) is 1. The van der Waals surface area contributed by atoms with E-state index < -0.39 is 0 Å². The van der Waals surface area contributed by atoms with Crippen LogP contribution in [0.1, 0.15) is 31.2 Å².